The van der Waals surface area contributed by atoms with Crippen LogP contribution in [0.15, 0.2) is 12.1 Å². The van der Waals surface area contributed by atoms with Gasteiger partial charge in [0.1, 0.15) is 11.5 Å². The Morgan fingerprint density at radius 3 is 2.34 bits per heavy atom. The molecule has 5 rings (SSSR count). The molecule has 1 aromatic carbocycles. The fraction of sp³-hybridized carbons (Fsp3) is 0.600. The Hall–Kier alpha value is -2.12. The maximum atomic E-state index is 14.8. The summed E-state index contributed by atoms with van der Waals surface area (Å²) in [5.74, 6) is 0.220. The van der Waals surface area contributed by atoms with Crippen molar-refractivity contribution < 1.29 is 18.6 Å². The molecule has 0 saturated heterocycles. The molecule has 0 radical (unpaired) electrons. The molecule has 2 heterocycles. The number of nitrogens with one attached hydrogen (secondary N) is 1. The van der Waals surface area contributed by atoms with Gasteiger partial charge >= 0.3 is 0 Å². The molecule has 5 nitrogen and oxygen atoms in total. The zero-order valence-corrected chi connectivity index (χ0v) is 19.6. The standard InChI is InChI=1S/C18H19F2N3O.C5H10O.C2H6/c1-10-7-11(18(20)4-5-18)8-14(19)15(10)16-12-3-6-24-9-13(12)17(21-2)23-22-16;6-5-3-1-2-4-5;1-2/h7-8H,3-6,9H2,1-2H3,(H,21,23);5-6H,1-4H2;1-2H3. The van der Waals surface area contributed by atoms with Gasteiger partial charge in [0, 0.05) is 18.2 Å². The molecule has 0 spiro atoms. The monoisotopic (exact) mass is 447 g/mol. The zero-order valence-electron chi connectivity index (χ0n) is 19.6. The average Bonchev–Trinajstić information content (AvgIpc) is 3.38. The number of hydrogen-bond donors (Lipinski definition) is 2. The van der Waals surface area contributed by atoms with Gasteiger partial charge in [-0.1, -0.05) is 32.8 Å². The van der Waals surface area contributed by atoms with E-state index < -0.39 is 11.5 Å². The van der Waals surface area contributed by atoms with Crippen molar-refractivity contribution in [3.8, 4) is 11.3 Å². The summed E-state index contributed by atoms with van der Waals surface area (Å²) < 4.78 is 34.6. The van der Waals surface area contributed by atoms with Gasteiger partial charge in [0.05, 0.1) is 25.0 Å². The van der Waals surface area contributed by atoms with Crippen molar-refractivity contribution in [2.24, 2.45) is 0 Å². The number of anilines is 1. The molecule has 176 valence electrons. The average molecular weight is 448 g/mol. The van der Waals surface area contributed by atoms with E-state index in [4.69, 9.17) is 9.84 Å². The maximum Gasteiger partial charge on any atom is 0.154 e. The molecule has 2 fully saturated rings. The summed E-state index contributed by atoms with van der Waals surface area (Å²) in [7, 11) is 1.77. The van der Waals surface area contributed by atoms with Crippen LogP contribution in [0.2, 0.25) is 0 Å². The van der Waals surface area contributed by atoms with Crippen LogP contribution < -0.4 is 5.32 Å². The number of nitrogens with zero attached hydrogens (tertiary/aromatic N) is 2. The topological polar surface area (TPSA) is 67.3 Å². The van der Waals surface area contributed by atoms with Gasteiger partial charge in [-0.2, -0.15) is 0 Å². The summed E-state index contributed by atoms with van der Waals surface area (Å²) in [6, 6.07) is 3.06. The van der Waals surface area contributed by atoms with Crippen molar-refractivity contribution in [2.45, 2.75) is 84.1 Å². The minimum Gasteiger partial charge on any atom is -0.393 e. The summed E-state index contributed by atoms with van der Waals surface area (Å²) in [4.78, 5) is 0. The lowest BCUT2D eigenvalue weighted by Gasteiger charge is -2.22. The third-order valence-corrected chi connectivity index (χ3v) is 6.22. The number of aryl methyl sites for hydroxylation is 1. The zero-order chi connectivity index (χ0) is 23.3. The molecule has 0 atom stereocenters. The van der Waals surface area contributed by atoms with Crippen LogP contribution in [0.5, 0.6) is 0 Å². The van der Waals surface area contributed by atoms with Crippen LogP contribution in [0.25, 0.3) is 11.3 Å². The van der Waals surface area contributed by atoms with E-state index in [1.54, 1.807) is 20.0 Å². The molecule has 2 N–H and O–H groups in total. The van der Waals surface area contributed by atoms with E-state index in [0.717, 1.165) is 24.0 Å². The van der Waals surface area contributed by atoms with Gasteiger partial charge < -0.3 is 15.2 Å². The van der Waals surface area contributed by atoms with E-state index in [0.29, 0.717) is 60.7 Å². The highest BCUT2D eigenvalue weighted by Crippen LogP contribution is 2.50. The molecule has 2 aliphatic carbocycles. The molecule has 2 saturated carbocycles. The fourth-order valence-corrected chi connectivity index (χ4v) is 4.29. The number of fused-ring (bicyclic) bond motifs is 1. The normalized spacial score (nSPS) is 18.6. The van der Waals surface area contributed by atoms with Gasteiger partial charge in [-0.3, -0.25) is 0 Å². The third-order valence-electron chi connectivity index (χ3n) is 6.22. The van der Waals surface area contributed by atoms with Gasteiger partial charge in [-0.15, -0.1) is 10.2 Å². The molecule has 0 amide bonds. The van der Waals surface area contributed by atoms with Crippen LogP contribution >= 0.6 is 0 Å². The predicted octanol–water partition coefficient (Wildman–Crippen LogP) is 5.61. The van der Waals surface area contributed by atoms with Crippen molar-refractivity contribution in [3.63, 3.8) is 0 Å². The quantitative estimate of drug-likeness (QED) is 0.640. The SMILES string of the molecule is CC.CNc1nnc(-c2c(C)cc(C3(F)CC3)cc2F)c2c1COCC2.OC1CCCC1. The first-order chi connectivity index (χ1) is 15.4. The molecular formula is C25H35F2N3O2. The highest BCUT2D eigenvalue weighted by atomic mass is 19.1. The Bertz CT molecular complexity index is 903. The Labute approximate surface area is 189 Å². The number of ether oxygens (including phenoxy) is 1. The number of halogens is 2. The molecule has 32 heavy (non-hydrogen) atoms. The van der Waals surface area contributed by atoms with E-state index in [1.165, 1.54) is 18.9 Å². The second kappa shape index (κ2) is 10.7. The minimum atomic E-state index is -1.35. The summed E-state index contributed by atoms with van der Waals surface area (Å²) in [6.07, 6.45) is 6.19. The predicted molar refractivity (Wildman–Crippen MR) is 123 cm³/mol. The summed E-state index contributed by atoms with van der Waals surface area (Å²) >= 11 is 0. The maximum absolute atomic E-state index is 14.8. The minimum absolute atomic E-state index is 0.0463. The van der Waals surface area contributed by atoms with Gasteiger partial charge in [0.15, 0.2) is 5.82 Å². The number of rotatable bonds is 3. The molecule has 0 bridgehead atoms. The first-order valence-corrected chi connectivity index (χ1v) is 11.7. The number of aliphatic hydroxyl groups excluding tert-OH is 1. The number of benzene rings is 1. The number of hydrogen-bond acceptors (Lipinski definition) is 5. The Kier molecular flexibility index (Phi) is 8.17. The lowest BCUT2D eigenvalue weighted by molar-refractivity contribution is 0.111. The molecule has 1 aromatic heterocycles. The highest BCUT2D eigenvalue weighted by molar-refractivity contribution is 5.71. The van der Waals surface area contributed by atoms with Crippen molar-refractivity contribution in [2.75, 3.05) is 19.0 Å². The number of aromatic nitrogens is 2. The van der Waals surface area contributed by atoms with E-state index in [-0.39, 0.29) is 6.10 Å². The largest absolute Gasteiger partial charge is 0.393 e. The van der Waals surface area contributed by atoms with Crippen LogP contribution in [0.3, 0.4) is 0 Å². The summed E-state index contributed by atoms with van der Waals surface area (Å²) in [5, 5.41) is 20.2. The summed E-state index contributed by atoms with van der Waals surface area (Å²) in [5.41, 5.74) is 2.60. The van der Waals surface area contributed by atoms with E-state index in [2.05, 4.69) is 15.5 Å². The van der Waals surface area contributed by atoms with Crippen molar-refractivity contribution >= 4 is 5.82 Å². The van der Waals surface area contributed by atoms with Crippen molar-refractivity contribution in [1.29, 1.82) is 0 Å². The van der Waals surface area contributed by atoms with Gasteiger partial charge in [0.25, 0.3) is 0 Å². The van der Waals surface area contributed by atoms with Crippen LogP contribution in [0, 0.1) is 12.7 Å². The summed E-state index contributed by atoms with van der Waals surface area (Å²) in [6.45, 7) is 6.80. The molecule has 0 unspecified atom stereocenters. The second-order valence-corrected chi connectivity index (χ2v) is 8.46. The lowest BCUT2D eigenvalue weighted by Crippen LogP contribution is -2.16. The van der Waals surface area contributed by atoms with E-state index in [9.17, 15) is 8.78 Å². The second-order valence-electron chi connectivity index (χ2n) is 8.46. The molecule has 7 heteroatoms. The smallest absolute Gasteiger partial charge is 0.154 e. The molecule has 2 aromatic rings. The van der Waals surface area contributed by atoms with E-state index >= 15 is 0 Å². The van der Waals surface area contributed by atoms with Gasteiger partial charge in [-0.05, 0) is 61.8 Å². The number of aliphatic hydroxyl groups is 1. The molecular weight excluding hydrogens is 412 g/mol. The highest BCUT2D eigenvalue weighted by Gasteiger charge is 2.45. The van der Waals surface area contributed by atoms with Crippen molar-refractivity contribution in [3.05, 3.63) is 40.2 Å². The molecule has 1 aliphatic heterocycles. The van der Waals surface area contributed by atoms with Gasteiger partial charge in [-0.25, -0.2) is 8.78 Å². The third kappa shape index (κ3) is 5.26. The first-order valence-electron chi connectivity index (χ1n) is 11.7. The Morgan fingerprint density at radius 2 is 1.81 bits per heavy atom. The van der Waals surface area contributed by atoms with E-state index in [1.807, 2.05) is 13.8 Å². The van der Waals surface area contributed by atoms with Crippen molar-refractivity contribution in [1.82, 2.24) is 10.2 Å². The van der Waals surface area contributed by atoms with Gasteiger partial charge in [0.2, 0.25) is 0 Å². The molecule has 3 aliphatic rings. The first kappa shape index (κ1) is 24.5. The van der Waals surface area contributed by atoms with Crippen LogP contribution in [0.1, 0.15) is 74.6 Å². The van der Waals surface area contributed by atoms with Crippen LogP contribution in [-0.2, 0) is 23.4 Å². The van der Waals surface area contributed by atoms with Crippen LogP contribution in [-0.4, -0.2) is 35.1 Å². The Morgan fingerprint density at radius 1 is 1.12 bits per heavy atom. The van der Waals surface area contributed by atoms with Crippen LogP contribution in [0.4, 0.5) is 14.6 Å². The number of alkyl halides is 1. The Balaban J connectivity index is 0.000000309. The fourth-order valence-electron chi connectivity index (χ4n) is 4.29. The lowest BCUT2D eigenvalue weighted by atomic mass is 9.93.